The lowest BCUT2D eigenvalue weighted by atomic mass is 9.90. The number of aliphatic hydroxyl groups is 1. The third kappa shape index (κ3) is 4.04. The molecule has 1 fully saturated rings. The van der Waals surface area contributed by atoms with E-state index in [-0.39, 0.29) is 6.04 Å². The van der Waals surface area contributed by atoms with E-state index in [1.807, 2.05) is 20.0 Å². The van der Waals surface area contributed by atoms with Crippen LogP contribution in [0.1, 0.15) is 44.0 Å². The molecule has 1 aliphatic rings. The van der Waals surface area contributed by atoms with Crippen LogP contribution in [-0.2, 0) is 12.0 Å². The van der Waals surface area contributed by atoms with E-state index in [2.05, 4.69) is 15.2 Å². The van der Waals surface area contributed by atoms with Crippen molar-refractivity contribution < 1.29 is 13.9 Å². The zero-order valence-corrected chi connectivity index (χ0v) is 14.6. The highest BCUT2D eigenvalue weighted by Crippen LogP contribution is 2.30. The van der Waals surface area contributed by atoms with Gasteiger partial charge in [-0.25, -0.2) is 13.5 Å². The van der Waals surface area contributed by atoms with Gasteiger partial charge in [0.2, 0.25) is 0 Å². The van der Waals surface area contributed by atoms with Gasteiger partial charge in [-0.05, 0) is 57.4 Å². The first kappa shape index (κ1) is 17.9. The molecule has 0 amide bonds. The van der Waals surface area contributed by atoms with Crippen molar-refractivity contribution >= 4 is 0 Å². The largest absolute Gasteiger partial charge is 0.382 e. The molecule has 3 rings (SSSR count). The molecule has 0 spiro atoms. The van der Waals surface area contributed by atoms with Gasteiger partial charge in [-0.3, -0.25) is 4.90 Å². The van der Waals surface area contributed by atoms with Crippen LogP contribution in [0.2, 0.25) is 0 Å². The number of benzene rings is 1. The minimum Gasteiger partial charge on any atom is -0.382 e. The van der Waals surface area contributed by atoms with Crippen LogP contribution in [0.5, 0.6) is 0 Å². The molecular formula is C18H24F2N4O. The third-order valence-electron chi connectivity index (χ3n) is 4.77. The standard InChI is InChI=1S/C18H24F2N4O/c1-13(2)24-11-17(21-22-24)18(25)7-3-8-23(12-18)9-6-14-4-5-15(19)16(20)10-14/h4-5,10-11,13,25H,3,6-9,12H2,1-2H3/t18-/m1/s1. The molecule has 0 unspecified atom stereocenters. The van der Waals surface area contributed by atoms with E-state index in [0.717, 1.165) is 24.6 Å². The highest BCUT2D eigenvalue weighted by Gasteiger charge is 2.37. The van der Waals surface area contributed by atoms with Gasteiger partial charge in [0.15, 0.2) is 11.6 Å². The number of nitrogens with zero attached hydrogens (tertiary/aromatic N) is 4. The molecule has 7 heteroatoms. The Morgan fingerprint density at radius 2 is 2.08 bits per heavy atom. The molecule has 1 saturated heterocycles. The van der Waals surface area contributed by atoms with Crippen molar-refractivity contribution in [3.8, 4) is 0 Å². The highest BCUT2D eigenvalue weighted by atomic mass is 19.2. The van der Waals surface area contributed by atoms with Crippen molar-refractivity contribution in [2.75, 3.05) is 19.6 Å². The Hall–Kier alpha value is -1.86. The van der Waals surface area contributed by atoms with Gasteiger partial charge in [-0.15, -0.1) is 5.10 Å². The molecule has 1 aliphatic heterocycles. The molecule has 0 saturated carbocycles. The number of halogens is 2. The van der Waals surface area contributed by atoms with E-state index < -0.39 is 17.2 Å². The van der Waals surface area contributed by atoms with Crippen LogP contribution in [0, 0.1) is 11.6 Å². The number of hydrogen-bond acceptors (Lipinski definition) is 4. The maximum absolute atomic E-state index is 13.3. The summed E-state index contributed by atoms with van der Waals surface area (Å²) in [6.07, 6.45) is 3.91. The van der Waals surface area contributed by atoms with E-state index >= 15 is 0 Å². The van der Waals surface area contributed by atoms with Crippen LogP contribution < -0.4 is 0 Å². The van der Waals surface area contributed by atoms with E-state index in [0.29, 0.717) is 31.6 Å². The molecular weight excluding hydrogens is 326 g/mol. The van der Waals surface area contributed by atoms with Crippen molar-refractivity contribution in [3.63, 3.8) is 0 Å². The molecule has 0 aliphatic carbocycles. The Balaban J connectivity index is 1.64. The normalized spacial score (nSPS) is 21.8. The molecule has 2 heterocycles. The Bertz CT molecular complexity index is 734. The van der Waals surface area contributed by atoms with Crippen molar-refractivity contribution in [2.45, 2.75) is 44.8 Å². The highest BCUT2D eigenvalue weighted by molar-refractivity contribution is 5.18. The summed E-state index contributed by atoms with van der Waals surface area (Å²) in [5.41, 5.74) is 0.330. The van der Waals surface area contributed by atoms with Gasteiger partial charge in [0.25, 0.3) is 0 Å². The predicted molar refractivity (Wildman–Crippen MR) is 90.0 cm³/mol. The first-order chi connectivity index (χ1) is 11.9. The van der Waals surface area contributed by atoms with Crippen molar-refractivity contribution in [3.05, 3.63) is 47.3 Å². The second-order valence-electron chi connectivity index (χ2n) is 7.09. The quantitative estimate of drug-likeness (QED) is 0.901. The van der Waals surface area contributed by atoms with Crippen molar-refractivity contribution in [2.24, 2.45) is 0 Å². The Kier molecular flexibility index (Phi) is 5.15. The molecule has 1 aromatic heterocycles. The summed E-state index contributed by atoms with van der Waals surface area (Å²) in [5.74, 6) is -1.65. The van der Waals surface area contributed by atoms with Crippen molar-refractivity contribution in [1.29, 1.82) is 0 Å². The monoisotopic (exact) mass is 350 g/mol. The fraction of sp³-hybridized carbons (Fsp3) is 0.556. The molecule has 1 atom stereocenters. The lowest BCUT2D eigenvalue weighted by Gasteiger charge is -2.38. The summed E-state index contributed by atoms with van der Waals surface area (Å²) < 4.78 is 28.1. The maximum Gasteiger partial charge on any atom is 0.159 e. The minimum atomic E-state index is -1.01. The number of aromatic nitrogens is 3. The lowest BCUT2D eigenvalue weighted by molar-refractivity contribution is -0.0385. The van der Waals surface area contributed by atoms with Crippen LogP contribution in [0.3, 0.4) is 0 Å². The Morgan fingerprint density at radius 3 is 2.76 bits per heavy atom. The van der Waals surface area contributed by atoms with E-state index in [1.54, 1.807) is 10.7 Å². The fourth-order valence-electron chi connectivity index (χ4n) is 3.25. The Labute approximate surface area is 146 Å². The molecule has 5 nitrogen and oxygen atoms in total. The molecule has 1 N–H and O–H groups in total. The van der Waals surface area contributed by atoms with Gasteiger partial charge in [0.05, 0.1) is 6.20 Å². The van der Waals surface area contributed by atoms with Crippen LogP contribution >= 0.6 is 0 Å². The smallest absolute Gasteiger partial charge is 0.159 e. The fourth-order valence-corrected chi connectivity index (χ4v) is 3.25. The van der Waals surface area contributed by atoms with Crippen LogP contribution in [0.25, 0.3) is 0 Å². The average Bonchev–Trinajstić information content (AvgIpc) is 3.07. The summed E-state index contributed by atoms with van der Waals surface area (Å²) in [4.78, 5) is 2.14. The molecule has 2 aromatic rings. The third-order valence-corrected chi connectivity index (χ3v) is 4.77. The van der Waals surface area contributed by atoms with Gasteiger partial charge in [-0.2, -0.15) is 0 Å². The molecule has 0 radical (unpaired) electrons. The van der Waals surface area contributed by atoms with Crippen LogP contribution in [-0.4, -0.2) is 44.6 Å². The predicted octanol–water partition coefficient (Wildman–Crippen LogP) is 2.66. The average molecular weight is 350 g/mol. The number of β-amino-alcohol motifs (C(OH)–C–C–N with tert-alkyl or cyclic N) is 1. The summed E-state index contributed by atoms with van der Waals surface area (Å²) in [5, 5.41) is 19.3. The molecule has 0 bridgehead atoms. The zero-order valence-electron chi connectivity index (χ0n) is 14.6. The number of likely N-dealkylation sites (tertiary alicyclic amines) is 1. The molecule has 1 aromatic carbocycles. The Morgan fingerprint density at radius 1 is 1.28 bits per heavy atom. The first-order valence-electron chi connectivity index (χ1n) is 8.68. The first-order valence-corrected chi connectivity index (χ1v) is 8.68. The van der Waals surface area contributed by atoms with Crippen LogP contribution in [0.4, 0.5) is 8.78 Å². The minimum absolute atomic E-state index is 0.193. The van der Waals surface area contributed by atoms with Gasteiger partial charge >= 0.3 is 0 Å². The topological polar surface area (TPSA) is 54.2 Å². The second kappa shape index (κ2) is 7.17. The van der Waals surface area contributed by atoms with Crippen molar-refractivity contribution in [1.82, 2.24) is 19.9 Å². The van der Waals surface area contributed by atoms with E-state index in [9.17, 15) is 13.9 Å². The van der Waals surface area contributed by atoms with Gasteiger partial charge in [-0.1, -0.05) is 11.3 Å². The summed E-state index contributed by atoms with van der Waals surface area (Å²) in [7, 11) is 0. The summed E-state index contributed by atoms with van der Waals surface area (Å²) >= 11 is 0. The van der Waals surface area contributed by atoms with E-state index in [1.165, 1.54) is 6.07 Å². The van der Waals surface area contributed by atoms with E-state index in [4.69, 9.17) is 0 Å². The molecule has 136 valence electrons. The SMILES string of the molecule is CC(C)n1cc([C@@]2(O)CCCN(CCc3ccc(F)c(F)c3)C2)nn1. The van der Waals surface area contributed by atoms with Gasteiger partial charge < -0.3 is 5.11 Å². The zero-order chi connectivity index (χ0) is 18.0. The lowest BCUT2D eigenvalue weighted by Crippen LogP contribution is -2.47. The summed E-state index contributed by atoms with van der Waals surface area (Å²) in [6.45, 7) is 6.03. The number of hydrogen-bond donors (Lipinski definition) is 1. The number of rotatable bonds is 5. The van der Waals surface area contributed by atoms with Gasteiger partial charge in [0.1, 0.15) is 11.3 Å². The van der Waals surface area contributed by atoms with Crippen LogP contribution in [0.15, 0.2) is 24.4 Å². The number of piperidine rings is 1. The van der Waals surface area contributed by atoms with Gasteiger partial charge in [0, 0.05) is 19.1 Å². The maximum atomic E-state index is 13.3. The second-order valence-corrected chi connectivity index (χ2v) is 7.09. The molecule has 25 heavy (non-hydrogen) atoms. The summed E-state index contributed by atoms with van der Waals surface area (Å²) in [6, 6.07) is 4.18.